The summed E-state index contributed by atoms with van der Waals surface area (Å²) in [5.74, 6) is 0.785. The molecule has 1 aliphatic heterocycles. The van der Waals surface area contributed by atoms with Gasteiger partial charge in [-0.1, -0.05) is 6.92 Å². The molecule has 1 aliphatic rings. The molecule has 2 heterocycles. The normalized spacial score (nSPS) is 20.4. The third kappa shape index (κ3) is 4.78. The smallest absolute Gasteiger partial charge is 0.224 e. The van der Waals surface area contributed by atoms with Gasteiger partial charge in [0.2, 0.25) is 5.91 Å². The standard InChI is InChI=1S/C15H23N3O3S/c1-11(12-4-3-7-16-9-12)8-14(19)18-13-5-6-15(17-10-13)22(2,20)21/h5-6,10-12,16H,3-4,7-9H2,1-2H3,(H,18,19). The maximum atomic E-state index is 12.1. The number of amides is 1. The monoisotopic (exact) mass is 325 g/mol. The fourth-order valence-corrected chi connectivity index (χ4v) is 3.27. The fourth-order valence-electron chi connectivity index (χ4n) is 2.71. The Morgan fingerprint density at radius 1 is 1.50 bits per heavy atom. The van der Waals surface area contributed by atoms with Crippen molar-refractivity contribution in [3.05, 3.63) is 18.3 Å². The zero-order valence-electron chi connectivity index (χ0n) is 13.0. The summed E-state index contributed by atoms with van der Waals surface area (Å²) < 4.78 is 22.7. The molecule has 2 unspecified atom stereocenters. The van der Waals surface area contributed by atoms with Crippen LogP contribution in [0.25, 0.3) is 0 Å². The number of carbonyl (C=O) groups is 1. The van der Waals surface area contributed by atoms with E-state index < -0.39 is 9.84 Å². The van der Waals surface area contributed by atoms with Crippen LogP contribution in [0.5, 0.6) is 0 Å². The van der Waals surface area contributed by atoms with Crippen LogP contribution < -0.4 is 10.6 Å². The van der Waals surface area contributed by atoms with Gasteiger partial charge in [0.05, 0.1) is 11.9 Å². The lowest BCUT2D eigenvalue weighted by Gasteiger charge is -2.28. The minimum absolute atomic E-state index is 0.00662. The molecule has 1 saturated heterocycles. The van der Waals surface area contributed by atoms with Gasteiger partial charge in [-0.3, -0.25) is 4.79 Å². The number of sulfone groups is 1. The van der Waals surface area contributed by atoms with Gasteiger partial charge < -0.3 is 10.6 Å². The van der Waals surface area contributed by atoms with Crippen molar-refractivity contribution in [1.29, 1.82) is 0 Å². The zero-order chi connectivity index (χ0) is 16.2. The number of nitrogens with one attached hydrogen (secondary N) is 2. The van der Waals surface area contributed by atoms with Crippen molar-refractivity contribution in [3.63, 3.8) is 0 Å². The quantitative estimate of drug-likeness (QED) is 0.855. The first-order chi connectivity index (χ1) is 10.4. The highest BCUT2D eigenvalue weighted by molar-refractivity contribution is 7.90. The first-order valence-corrected chi connectivity index (χ1v) is 9.42. The largest absolute Gasteiger partial charge is 0.325 e. The van der Waals surface area contributed by atoms with Crippen LogP contribution in [0.4, 0.5) is 5.69 Å². The predicted octanol–water partition coefficient (Wildman–Crippen LogP) is 1.45. The van der Waals surface area contributed by atoms with Crippen molar-refractivity contribution in [2.24, 2.45) is 11.8 Å². The van der Waals surface area contributed by atoms with E-state index in [2.05, 4.69) is 22.5 Å². The predicted molar refractivity (Wildman–Crippen MR) is 85.4 cm³/mol. The van der Waals surface area contributed by atoms with Gasteiger partial charge in [0.25, 0.3) is 0 Å². The van der Waals surface area contributed by atoms with Crippen LogP contribution in [-0.4, -0.2) is 38.7 Å². The van der Waals surface area contributed by atoms with E-state index in [4.69, 9.17) is 0 Å². The third-order valence-electron chi connectivity index (χ3n) is 4.05. The van der Waals surface area contributed by atoms with Crippen molar-refractivity contribution in [1.82, 2.24) is 10.3 Å². The van der Waals surface area contributed by atoms with Gasteiger partial charge in [0.1, 0.15) is 0 Å². The summed E-state index contributed by atoms with van der Waals surface area (Å²) in [6.07, 6.45) is 5.26. The van der Waals surface area contributed by atoms with Crippen LogP contribution in [0.1, 0.15) is 26.2 Å². The lowest BCUT2D eigenvalue weighted by molar-refractivity contribution is -0.117. The topological polar surface area (TPSA) is 88.2 Å². The molecule has 1 aromatic rings. The van der Waals surface area contributed by atoms with Gasteiger partial charge in [-0.15, -0.1) is 0 Å². The van der Waals surface area contributed by atoms with Crippen LogP contribution >= 0.6 is 0 Å². The molecule has 2 N–H and O–H groups in total. The first kappa shape index (κ1) is 16.9. The summed E-state index contributed by atoms with van der Waals surface area (Å²) in [7, 11) is -3.31. The van der Waals surface area contributed by atoms with Crippen LogP contribution in [0, 0.1) is 11.8 Å². The van der Waals surface area contributed by atoms with Crippen LogP contribution in [0.3, 0.4) is 0 Å². The van der Waals surface area contributed by atoms with Crippen molar-refractivity contribution >= 4 is 21.4 Å². The van der Waals surface area contributed by atoms with E-state index in [0.29, 0.717) is 23.9 Å². The summed E-state index contributed by atoms with van der Waals surface area (Å²) in [6, 6.07) is 2.97. The van der Waals surface area contributed by atoms with Gasteiger partial charge in [0.15, 0.2) is 14.9 Å². The van der Waals surface area contributed by atoms with E-state index in [1.807, 2.05) is 0 Å². The number of nitrogens with zero attached hydrogens (tertiary/aromatic N) is 1. The fraction of sp³-hybridized carbons (Fsp3) is 0.600. The lowest BCUT2D eigenvalue weighted by atomic mass is 9.85. The molecule has 0 radical (unpaired) electrons. The average Bonchev–Trinajstić information content (AvgIpc) is 2.47. The Hall–Kier alpha value is -1.47. The third-order valence-corrected chi connectivity index (χ3v) is 5.05. The summed E-state index contributed by atoms with van der Waals surface area (Å²) in [5.41, 5.74) is 0.520. The molecule has 1 amide bonds. The van der Waals surface area contributed by atoms with Gasteiger partial charge in [0, 0.05) is 12.7 Å². The van der Waals surface area contributed by atoms with Crippen molar-refractivity contribution < 1.29 is 13.2 Å². The second-order valence-electron chi connectivity index (χ2n) is 5.99. The molecular weight excluding hydrogens is 302 g/mol. The van der Waals surface area contributed by atoms with Crippen LogP contribution in [0.15, 0.2) is 23.4 Å². The number of hydrogen-bond acceptors (Lipinski definition) is 5. The van der Waals surface area contributed by atoms with Crippen LogP contribution in [0.2, 0.25) is 0 Å². The Kier molecular flexibility index (Phi) is 5.52. The van der Waals surface area contributed by atoms with E-state index >= 15 is 0 Å². The number of carbonyl (C=O) groups excluding carboxylic acids is 1. The molecule has 22 heavy (non-hydrogen) atoms. The highest BCUT2D eigenvalue weighted by Crippen LogP contribution is 2.23. The molecule has 6 nitrogen and oxygen atoms in total. The molecule has 0 aliphatic carbocycles. The number of anilines is 1. The van der Waals surface area contributed by atoms with Gasteiger partial charge >= 0.3 is 0 Å². The van der Waals surface area contributed by atoms with Gasteiger partial charge in [-0.05, 0) is 49.9 Å². The average molecular weight is 325 g/mol. The lowest BCUT2D eigenvalue weighted by Crippen LogP contribution is -2.34. The first-order valence-electron chi connectivity index (χ1n) is 7.53. The Bertz CT molecular complexity index is 607. The maximum absolute atomic E-state index is 12.1. The molecule has 7 heteroatoms. The minimum Gasteiger partial charge on any atom is -0.325 e. The highest BCUT2D eigenvalue weighted by Gasteiger charge is 2.22. The maximum Gasteiger partial charge on any atom is 0.224 e. The van der Waals surface area contributed by atoms with Gasteiger partial charge in [-0.2, -0.15) is 0 Å². The molecule has 122 valence electrons. The molecule has 0 spiro atoms. The zero-order valence-corrected chi connectivity index (χ0v) is 13.8. The van der Waals surface area contributed by atoms with Crippen molar-refractivity contribution in [2.45, 2.75) is 31.2 Å². The highest BCUT2D eigenvalue weighted by atomic mass is 32.2. The summed E-state index contributed by atoms with van der Waals surface area (Å²) in [4.78, 5) is 15.9. The Morgan fingerprint density at radius 2 is 2.27 bits per heavy atom. The molecular formula is C15H23N3O3S. The second kappa shape index (κ2) is 7.19. The number of pyridine rings is 1. The molecule has 2 rings (SSSR count). The Morgan fingerprint density at radius 3 is 2.82 bits per heavy atom. The molecule has 0 aromatic carbocycles. The molecule has 2 atom stereocenters. The minimum atomic E-state index is -3.31. The summed E-state index contributed by atoms with van der Waals surface area (Å²) in [6.45, 7) is 4.13. The molecule has 0 saturated carbocycles. The van der Waals surface area contributed by atoms with E-state index in [-0.39, 0.29) is 10.9 Å². The number of hydrogen-bond donors (Lipinski definition) is 2. The van der Waals surface area contributed by atoms with E-state index in [1.165, 1.54) is 12.3 Å². The van der Waals surface area contributed by atoms with Gasteiger partial charge in [-0.25, -0.2) is 13.4 Å². The Balaban J connectivity index is 1.88. The van der Waals surface area contributed by atoms with E-state index in [9.17, 15) is 13.2 Å². The summed E-state index contributed by atoms with van der Waals surface area (Å²) >= 11 is 0. The molecule has 1 fully saturated rings. The molecule has 1 aromatic heterocycles. The van der Waals surface area contributed by atoms with E-state index in [1.54, 1.807) is 6.07 Å². The number of rotatable bonds is 5. The molecule has 0 bridgehead atoms. The Labute approximate surface area is 131 Å². The number of aromatic nitrogens is 1. The van der Waals surface area contributed by atoms with Crippen molar-refractivity contribution in [3.8, 4) is 0 Å². The van der Waals surface area contributed by atoms with E-state index in [0.717, 1.165) is 32.2 Å². The SMILES string of the molecule is CC(CC(=O)Nc1ccc(S(C)(=O)=O)nc1)C1CCCNC1. The number of piperidine rings is 1. The van der Waals surface area contributed by atoms with Crippen molar-refractivity contribution in [2.75, 3.05) is 24.7 Å². The van der Waals surface area contributed by atoms with Crippen LogP contribution in [-0.2, 0) is 14.6 Å². The summed E-state index contributed by atoms with van der Waals surface area (Å²) in [5, 5.41) is 6.14. The second-order valence-corrected chi connectivity index (χ2v) is 7.96.